The summed E-state index contributed by atoms with van der Waals surface area (Å²) >= 11 is 0. The number of rotatable bonds is 5. The summed E-state index contributed by atoms with van der Waals surface area (Å²) in [5.74, 6) is -0.397. The molecule has 9 heteroatoms. The third-order valence-electron chi connectivity index (χ3n) is 6.45. The molecular formula is C21H28N6O3. The molecule has 1 saturated heterocycles. The maximum Gasteiger partial charge on any atom is 0.220 e. The minimum atomic E-state index is -0.470. The molecule has 0 unspecified atom stereocenters. The van der Waals surface area contributed by atoms with E-state index in [1.165, 1.54) is 0 Å². The van der Waals surface area contributed by atoms with E-state index < -0.39 is 5.60 Å². The predicted octanol–water partition coefficient (Wildman–Crippen LogP) is 1.86. The maximum atomic E-state index is 11.4. The van der Waals surface area contributed by atoms with Crippen LogP contribution >= 0.6 is 0 Å². The number of aromatic nitrogens is 3. The van der Waals surface area contributed by atoms with Crippen molar-refractivity contribution in [2.24, 2.45) is 11.7 Å². The number of hydroxylamine groups is 1. The zero-order valence-electron chi connectivity index (χ0n) is 17.4. The third-order valence-corrected chi connectivity index (χ3v) is 6.45. The summed E-state index contributed by atoms with van der Waals surface area (Å²) in [5, 5.41) is 9.47. The minimum Gasteiger partial charge on any atom is -0.381 e. The van der Waals surface area contributed by atoms with Crippen molar-refractivity contribution in [3.63, 3.8) is 0 Å². The summed E-state index contributed by atoms with van der Waals surface area (Å²) < 4.78 is 7.46. The molecule has 1 saturated carbocycles. The van der Waals surface area contributed by atoms with E-state index in [1.807, 2.05) is 17.8 Å². The number of ether oxygens (including phenoxy) is 1. The van der Waals surface area contributed by atoms with Gasteiger partial charge in [-0.15, -0.1) is 0 Å². The van der Waals surface area contributed by atoms with Crippen molar-refractivity contribution in [3.05, 3.63) is 23.5 Å². The van der Waals surface area contributed by atoms with Gasteiger partial charge in [0.2, 0.25) is 5.91 Å². The van der Waals surface area contributed by atoms with Gasteiger partial charge in [-0.1, -0.05) is 0 Å². The van der Waals surface area contributed by atoms with Crippen molar-refractivity contribution in [2.45, 2.75) is 57.7 Å². The Morgan fingerprint density at radius 1 is 1.40 bits per heavy atom. The van der Waals surface area contributed by atoms with Gasteiger partial charge in [0.05, 0.1) is 22.5 Å². The van der Waals surface area contributed by atoms with E-state index in [2.05, 4.69) is 28.9 Å². The molecule has 0 radical (unpaired) electrons. The molecule has 1 spiro atoms. The number of primary amides is 1. The Bertz CT molecular complexity index is 1020. The van der Waals surface area contributed by atoms with E-state index in [1.54, 1.807) is 0 Å². The van der Waals surface area contributed by atoms with E-state index in [0.29, 0.717) is 18.9 Å². The number of hydrogen-bond acceptors (Lipinski definition) is 7. The van der Waals surface area contributed by atoms with E-state index in [-0.39, 0.29) is 11.8 Å². The number of nitrogens with zero attached hydrogens (tertiary/aromatic N) is 3. The lowest BCUT2D eigenvalue weighted by atomic mass is 9.70. The summed E-state index contributed by atoms with van der Waals surface area (Å²) in [4.78, 5) is 22.1. The average Bonchev–Trinajstić information content (AvgIpc) is 3.30. The highest BCUT2D eigenvalue weighted by Gasteiger charge is 2.50. The van der Waals surface area contributed by atoms with Crippen molar-refractivity contribution >= 4 is 28.3 Å². The summed E-state index contributed by atoms with van der Waals surface area (Å²) in [7, 11) is 0. The lowest BCUT2D eigenvalue weighted by Gasteiger charge is -2.39. The van der Waals surface area contributed by atoms with Gasteiger partial charge in [0.1, 0.15) is 5.60 Å². The fraction of sp³-hybridized carbons (Fsp3) is 0.571. The van der Waals surface area contributed by atoms with Gasteiger partial charge >= 0.3 is 0 Å². The van der Waals surface area contributed by atoms with Crippen LogP contribution in [-0.4, -0.2) is 45.5 Å². The molecule has 1 amide bonds. The van der Waals surface area contributed by atoms with Crippen LogP contribution in [0, 0.1) is 12.8 Å². The van der Waals surface area contributed by atoms with Crippen molar-refractivity contribution in [1.29, 1.82) is 0 Å². The van der Waals surface area contributed by atoms with Crippen LogP contribution in [0.2, 0.25) is 0 Å². The zero-order chi connectivity index (χ0) is 20.9. The lowest BCUT2D eigenvalue weighted by Crippen LogP contribution is -2.48. The van der Waals surface area contributed by atoms with E-state index in [9.17, 15) is 4.79 Å². The van der Waals surface area contributed by atoms with E-state index in [0.717, 1.165) is 66.3 Å². The quantitative estimate of drug-likeness (QED) is 0.686. The van der Waals surface area contributed by atoms with Gasteiger partial charge in [-0.2, -0.15) is 5.10 Å². The molecule has 2 aromatic heterocycles. The van der Waals surface area contributed by atoms with Gasteiger partial charge in [-0.3, -0.25) is 15.1 Å². The largest absolute Gasteiger partial charge is 0.381 e. The number of carbonyl (C=O) groups is 1. The fourth-order valence-corrected chi connectivity index (χ4v) is 4.73. The van der Waals surface area contributed by atoms with Gasteiger partial charge in [-0.05, 0) is 45.6 Å². The Labute approximate surface area is 174 Å². The number of nitrogens with two attached hydrogens (primary N) is 1. The summed E-state index contributed by atoms with van der Waals surface area (Å²) in [5.41, 5.74) is 12.7. The molecule has 2 aliphatic heterocycles. The Kier molecular flexibility index (Phi) is 4.67. The molecule has 4 N–H and O–H groups in total. The second kappa shape index (κ2) is 7.24. The van der Waals surface area contributed by atoms with Gasteiger partial charge < -0.3 is 15.8 Å². The molecule has 2 fully saturated rings. The molecule has 5 rings (SSSR count). The molecule has 0 atom stereocenters. The highest BCUT2D eigenvalue weighted by atomic mass is 16.7. The molecule has 0 aromatic carbocycles. The van der Waals surface area contributed by atoms with Crippen LogP contribution in [0.3, 0.4) is 0 Å². The first kappa shape index (κ1) is 19.3. The summed E-state index contributed by atoms with van der Waals surface area (Å²) in [6, 6.07) is 0.326. The Hall–Kier alpha value is -2.65. The predicted molar refractivity (Wildman–Crippen MR) is 112 cm³/mol. The van der Waals surface area contributed by atoms with Crippen LogP contribution < -0.4 is 16.5 Å². The van der Waals surface area contributed by atoms with Gasteiger partial charge in [-0.25, -0.2) is 9.67 Å². The molecule has 1 aliphatic carbocycles. The first-order chi connectivity index (χ1) is 14.5. The highest BCUT2D eigenvalue weighted by molar-refractivity contribution is 5.98. The normalized spacial score (nSPS) is 26.5. The van der Waals surface area contributed by atoms with Crippen LogP contribution in [0.25, 0.3) is 16.7 Å². The summed E-state index contributed by atoms with van der Waals surface area (Å²) in [6.45, 7) is 6.37. The number of carbonyl (C=O) groups excluding carboxylic acids is 1. The van der Waals surface area contributed by atoms with Crippen molar-refractivity contribution in [2.75, 3.05) is 18.5 Å². The van der Waals surface area contributed by atoms with Crippen LogP contribution in [0.4, 0.5) is 5.69 Å². The number of hydrogen-bond donors (Lipinski definition) is 3. The fourth-order valence-electron chi connectivity index (χ4n) is 4.73. The molecule has 0 bridgehead atoms. The second-order valence-electron chi connectivity index (χ2n) is 8.51. The Morgan fingerprint density at radius 3 is 2.87 bits per heavy atom. The Morgan fingerprint density at radius 2 is 2.17 bits per heavy atom. The topological polar surface area (TPSA) is 116 Å². The first-order valence-corrected chi connectivity index (χ1v) is 10.7. The van der Waals surface area contributed by atoms with Gasteiger partial charge in [0.15, 0.2) is 5.65 Å². The summed E-state index contributed by atoms with van der Waals surface area (Å²) in [6.07, 6.45) is 7.07. The van der Waals surface area contributed by atoms with Crippen molar-refractivity contribution in [1.82, 2.24) is 20.2 Å². The molecule has 9 nitrogen and oxygen atoms in total. The third kappa shape index (κ3) is 3.13. The smallest absolute Gasteiger partial charge is 0.220 e. The molecule has 3 aliphatic rings. The molecular weight excluding hydrogens is 384 g/mol. The highest BCUT2D eigenvalue weighted by Crippen LogP contribution is 2.46. The maximum absolute atomic E-state index is 11.4. The number of aryl methyl sites for hydroxylation is 2. The number of pyridine rings is 1. The first-order valence-electron chi connectivity index (χ1n) is 10.7. The number of nitrogens with one attached hydrogen (secondary N) is 2. The molecule has 2 aromatic rings. The SMILES string of the molecule is CCn1nc(C)c2c(NC3CCOCC3)c(C3=CC4(CC(C(N)=O)C4)ON3)cnc21. The second-order valence-corrected chi connectivity index (χ2v) is 8.51. The van der Waals surface area contributed by atoms with E-state index >= 15 is 0 Å². The minimum absolute atomic E-state index is 0.132. The van der Waals surface area contributed by atoms with Crippen LogP contribution in [0.15, 0.2) is 12.3 Å². The van der Waals surface area contributed by atoms with E-state index in [4.69, 9.17) is 20.3 Å². The monoisotopic (exact) mass is 412 g/mol. The standard InChI is InChI=1S/C21H28N6O3/c1-3-27-20-17(12(2)25-27)18(24-14-4-6-29-7-5-14)15(11-23-20)16-10-21(30-26-16)8-13(9-21)19(22)28/h10-11,13-14,26H,3-9H2,1-2H3,(H2,22,28)(H,23,24). The zero-order valence-corrected chi connectivity index (χ0v) is 17.4. The van der Waals surface area contributed by atoms with Crippen molar-refractivity contribution in [3.8, 4) is 0 Å². The van der Waals surface area contributed by atoms with Crippen LogP contribution in [-0.2, 0) is 20.9 Å². The van der Waals surface area contributed by atoms with Crippen LogP contribution in [0.5, 0.6) is 0 Å². The molecule has 30 heavy (non-hydrogen) atoms. The number of fused-ring (bicyclic) bond motifs is 1. The van der Waals surface area contributed by atoms with Crippen LogP contribution in [0.1, 0.15) is 43.9 Å². The van der Waals surface area contributed by atoms with Crippen molar-refractivity contribution < 1.29 is 14.4 Å². The molecule has 4 heterocycles. The Balaban J connectivity index is 1.55. The number of anilines is 1. The van der Waals surface area contributed by atoms with Gasteiger partial charge in [0, 0.05) is 43.5 Å². The number of amides is 1. The lowest BCUT2D eigenvalue weighted by molar-refractivity contribution is -0.144. The average molecular weight is 412 g/mol. The van der Waals surface area contributed by atoms with Gasteiger partial charge in [0.25, 0.3) is 0 Å². The molecule has 160 valence electrons.